The molecule has 4 aromatic rings. The van der Waals surface area contributed by atoms with Crippen molar-refractivity contribution in [1.82, 2.24) is 10.3 Å². The van der Waals surface area contributed by atoms with Crippen LogP contribution in [0.25, 0.3) is 10.9 Å². The quantitative estimate of drug-likeness (QED) is 0.314. The highest BCUT2D eigenvalue weighted by Gasteiger charge is 2.26. The fourth-order valence-electron chi connectivity index (χ4n) is 4.41. The average molecular weight is 443 g/mol. The van der Waals surface area contributed by atoms with Crippen LogP contribution in [0.4, 0.5) is 0 Å². The third kappa shape index (κ3) is 5.33. The van der Waals surface area contributed by atoms with Gasteiger partial charge in [0.05, 0.1) is 11.6 Å². The van der Waals surface area contributed by atoms with Gasteiger partial charge in [0.2, 0.25) is 5.56 Å². The molecule has 3 aromatic carbocycles. The van der Waals surface area contributed by atoms with Gasteiger partial charge in [-0.1, -0.05) is 66.7 Å². The number of aromatic amines is 1. The van der Waals surface area contributed by atoms with Crippen LogP contribution < -0.4 is 10.9 Å². The Labute approximate surface area is 193 Å². The van der Waals surface area contributed by atoms with Crippen molar-refractivity contribution in [2.24, 2.45) is 0 Å². The average Bonchev–Trinajstić information content (AvgIpc) is 2.83. The van der Waals surface area contributed by atoms with Gasteiger partial charge in [-0.25, -0.2) is 0 Å². The number of hydrogen-bond donors (Lipinski definition) is 4. The first kappa shape index (κ1) is 22.8. The SMILES string of the molecule is CC(C)(CC(c1ccccc1)c1ccccc1)NC[C@H](O)c1ccc(O)c2[nH]c(=O)ccc12. The third-order valence-corrected chi connectivity index (χ3v) is 6.16. The Balaban J connectivity index is 1.53. The van der Waals surface area contributed by atoms with Crippen LogP contribution in [0.3, 0.4) is 0 Å². The van der Waals surface area contributed by atoms with Gasteiger partial charge in [0.25, 0.3) is 0 Å². The molecule has 0 radical (unpaired) electrons. The zero-order valence-electron chi connectivity index (χ0n) is 19.0. The van der Waals surface area contributed by atoms with Gasteiger partial charge < -0.3 is 20.5 Å². The van der Waals surface area contributed by atoms with Crippen molar-refractivity contribution in [2.75, 3.05) is 6.54 Å². The van der Waals surface area contributed by atoms with E-state index in [4.69, 9.17) is 0 Å². The maximum Gasteiger partial charge on any atom is 0.248 e. The van der Waals surface area contributed by atoms with Crippen LogP contribution in [0.1, 0.15) is 49.0 Å². The first-order chi connectivity index (χ1) is 15.8. The second-order valence-electron chi connectivity index (χ2n) is 9.14. The van der Waals surface area contributed by atoms with E-state index in [-0.39, 0.29) is 22.8 Å². The maximum absolute atomic E-state index is 11.7. The molecule has 1 atom stereocenters. The summed E-state index contributed by atoms with van der Waals surface area (Å²) in [6.45, 7) is 4.62. The molecular formula is C28H30N2O3. The summed E-state index contributed by atoms with van der Waals surface area (Å²) in [6, 6.07) is 27.2. The highest BCUT2D eigenvalue weighted by atomic mass is 16.3. The number of aromatic nitrogens is 1. The molecule has 0 saturated heterocycles. The monoisotopic (exact) mass is 442 g/mol. The molecule has 0 bridgehead atoms. The van der Waals surface area contributed by atoms with E-state index in [1.54, 1.807) is 12.1 Å². The number of benzene rings is 3. The summed E-state index contributed by atoms with van der Waals surface area (Å²) in [5.41, 5.74) is 2.95. The molecular weight excluding hydrogens is 412 g/mol. The molecule has 0 aliphatic rings. The Morgan fingerprint density at radius 2 is 1.48 bits per heavy atom. The molecule has 5 nitrogen and oxygen atoms in total. The number of H-pyrrole nitrogens is 1. The number of aliphatic hydroxyl groups excluding tert-OH is 1. The van der Waals surface area contributed by atoms with E-state index >= 15 is 0 Å². The minimum Gasteiger partial charge on any atom is -0.506 e. The fraction of sp³-hybridized carbons (Fsp3) is 0.250. The molecule has 0 amide bonds. The van der Waals surface area contributed by atoms with Crippen LogP contribution in [0.5, 0.6) is 5.75 Å². The Morgan fingerprint density at radius 3 is 2.09 bits per heavy atom. The van der Waals surface area contributed by atoms with E-state index in [2.05, 4.69) is 72.7 Å². The lowest BCUT2D eigenvalue weighted by Gasteiger charge is -2.33. The highest BCUT2D eigenvalue weighted by Crippen LogP contribution is 2.33. The molecule has 4 N–H and O–H groups in total. The Kier molecular flexibility index (Phi) is 6.63. The first-order valence-electron chi connectivity index (χ1n) is 11.2. The third-order valence-electron chi connectivity index (χ3n) is 6.16. The Morgan fingerprint density at radius 1 is 0.879 bits per heavy atom. The molecule has 170 valence electrons. The summed E-state index contributed by atoms with van der Waals surface area (Å²) in [5, 5.41) is 25.2. The molecule has 0 aliphatic carbocycles. The van der Waals surface area contributed by atoms with E-state index in [1.807, 2.05) is 12.1 Å². The highest BCUT2D eigenvalue weighted by molar-refractivity contribution is 5.87. The van der Waals surface area contributed by atoms with Crippen LogP contribution in [0.2, 0.25) is 0 Å². The van der Waals surface area contributed by atoms with Crippen molar-refractivity contribution < 1.29 is 10.2 Å². The second kappa shape index (κ2) is 9.61. The Bertz CT molecular complexity index is 1230. The van der Waals surface area contributed by atoms with Crippen molar-refractivity contribution in [3.05, 3.63) is 112 Å². The van der Waals surface area contributed by atoms with Gasteiger partial charge in [0.15, 0.2) is 0 Å². The van der Waals surface area contributed by atoms with Gasteiger partial charge in [0.1, 0.15) is 5.75 Å². The van der Waals surface area contributed by atoms with E-state index in [9.17, 15) is 15.0 Å². The summed E-state index contributed by atoms with van der Waals surface area (Å²) in [4.78, 5) is 14.3. The zero-order valence-corrected chi connectivity index (χ0v) is 19.0. The number of fused-ring (bicyclic) bond motifs is 1. The number of phenols is 1. The predicted octanol–water partition coefficient (Wildman–Crippen LogP) is 4.86. The predicted molar refractivity (Wildman–Crippen MR) is 133 cm³/mol. The number of pyridine rings is 1. The Hall–Kier alpha value is -3.41. The van der Waals surface area contributed by atoms with Crippen LogP contribution in [0, 0.1) is 0 Å². The normalized spacial score (nSPS) is 12.8. The molecule has 4 rings (SSSR count). The molecule has 0 spiro atoms. The minimum absolute atomic E-state index is 0.0134. The van der Waals surface area contributed by atoms with Crippen molar-refractivity contribution in [3.63, 3.8) is 0 Å². The number of rotatable bonds is 8. The number of β-amino-alcohol motifs (C(OH)–C–C–N with tert-alkyl or cyclic N) is 1. The lowest BCUT2D eigenvalue weighted by molar-refractivity contribution is 0.159. The summed E-state index contributed by atoms with van der Waals surface area (Å²) in [5.74, 6) is 0.201. The van der Waals surface area contributed by atoms with Crippen molar-refractivity contribution >= 4 is 10.9 Å². The van der Waals surface area contributed by atoms with Gasteiger partial charge in [0, 0.05) is 29.5 Å². The standard InChI is InChI=1S/C28H30N2O3/c1-28(2,17-23(19-9-5-3-6-10-19)20-11-7-4-8-12-20)29-18-25(32)21-13-15-24(31)27-22(21)14-16-26(33)30-27/h3-16,23,25,29,31-32H,17-18H2,1-2H3,(H,30,33)/t25-/m0/s1. The summed E-state index contributed by atoms with van der Waals surface area (Å²) >= 11 is 0. The summed E-state index contributed by atoms with van der Waals surface area (Å²) < 4.78 is 0. The topological polar surface area (TPSA) is 85.3 Å². The molecule has 1 heterocycles. The lowest BCUT2D eigenvalue weighted by Crippen LogP contribution is -2.43. The number of aliphatic hydroxyl groups is 1. The van der Waals surface area contributed by atoms with Crippen molar-refractivity contribution in [3.8, 4) is 5.75 Å². The summed E-state index contributed by atoms with van der Waals surface area (Å²) in [6.07, 6.45) is 0.0439. The van der Waals surface area contributed by atoms with Gasteiger partial charge in [-0.3, -0.25) is 4.79 Å². The van der Waals surface area contributed by atoms with Gasteiger partial charge in [-0.2, -0.15) is 0 Å². The van der Waals surface area contributed by atoms with E-state index in [0.29, 0.717) is 23.0 Å². The summed E-state index contributed by atoms with van der Waals surface area (Å²) in [7, 11) is 0. The van der Waals surface area contributed by atoms with Crippen LogP contribution in [-0.4, -0.2) is 27.3 Å². The molecule has 0 unspecified atom stereocenters. The van der Waals surface area contributed by atoms with Crippen LogP contribution in [0.15, 0.2) is 89.7 Å². The zero-order chi connectivity index (χ0) is 23.4. The smallest absolute Gasteiger partial charge is 0.248 e. The molecule has 1 aromatic heterocycles. The molecule has 0 fully saturated rings. The number of aromatic hydroxyl groups is 1. The van der Waals surface area contributed by atoms with Gasteiger partial charge in [-0.15, -0.1) is 0 Å². The molecule has 0 saturated carbocycles. The number of hydrogen-bond acceptors (Lipinski definition) is 4. The minimum atomic E-state index is -0.801. The number of phenolic OH excluding ortho intramolecular Hbond substituents is 1. The molecule has 5 heteroatoms. The lowest BCUT2D eigenvalue weighted by atomic mass is 9.81. The fourth-order valence-corrected chi connectivity index (χ4v) is 4.41. The van der Waals surface area contributed by atoms with Gasteiger partial charge >= 0.3 is 0 Å². The van der Waals surface area contributed by atoms with Crippen molar-refractivity contribution in [2.45, 2.75) is 37.8 Å². The first-order valence-corrected chi connectivity index (χ1v) is 11.2. The van der Waals surface area contributed by atoms with E-state index in [1.165, 1.54) is 23.3 Å². The van der Waals surface area contributed by atoms with E-state index < -0.39 is 6.10 Å². The van der Waals surface area contributed by atoms with Gasteiger partial charge in [-0.05, 0) is 49.1 Å². The van der Waals surface area contributed by atoms with Crippen molar-refractivity contribution in [1.29, 1.82) is 0 Å². The van der Waals surface area contributed by atoms with Crippen LogP contribution in [-0.2, 0) is 0 Å². The number of nitrogens with one attached hydrogen (secondary N) is 2. The molecule has 33 heavy (non-hydrogen) atoms. The maximum atomic E-state index is 11.7. The molecule has 0 aliphatic heterocycles. The van der Waals surface area contributed by atoms with Crippen LogP contribution >= 0.6 is 0 Å². The second-order valence-corrected chi connectivity index (χ2v) is 9.14. The van der Waals surface area contributed by atoms with E-state index in [0.717, 1.165) is 6.42 Å². The largest absolute Gasteiger partial charge is 0.506 e.